The second-order valence-electron chi connectivity index (χ2n) is 3.91. The molecule has 1 atom stereocenters. The smallest absolute Gasteiger partial charge is 0.321 e. The maximum atomic E-state index is 11.6. The second kappa shape index (κ2) is 7.38. The van der Waals surface area contributed by atoms with Crippen molar-refractivity contribution in [2.24, 2.45) is 0 Å². The number of carbonyl (C=O) groups excluding carboxylic acids is 2. The Labute approximate surface area is 111 Å². The van der Waals surface area contributed by atoms with Crippen LogP contribution in [0.25, 0.3) is 0 Å². The van der Waals surface area contributed by atoms with Crippen LogP contribution in [0.5, 0.6) is 5.75 Å². The zero-order chi connectivity index (χ0) is 14.3. The van der Waals surface area contributed by atoms with Gasteiger partial charge in [0, 0.05) is 6.54 Å². The van der Waals surface area contributed by atoms with Gasteiger partial charge in [0.25, 0.3) is 5.91 Å². The standard InChI is InChI=1S/C13H18N2O4/c1-3-14-13(18)15-12(17)9(2)19-11-6-4-10(8-16)5-7-11/h4-7,9,16H,3,8H2,1-2H3,(H2,14,15,17,18). The van der Waals surface area contributed by atoms with E-state index < -0.39 is 18.0 Å². The fourth-order valence-electron chi connectivity index (χ4n) is 1.35. The summed E-state index contributed by atoms with van der Waals surface area (Å²) in [6.07, 6.45) is -0.789. The Morgan fingerprint density at radius 2 is 1.95 bits per heavy atom. The molecule has 104 valence electrons. The topological polar surface area (TPSA) is 87.7 Å². The van der Waals surface area contributed by atoms with Crippen LogP contribution in [0.15, 0.2) is 24.3 Å². The van der Waals surface area contributed by atoms with E-state index in [9.17, 15) is 9.59 Å². The summed E-state index contributed by atoms with van der Waals surface area (Å²) >= 11 is 0. The highest BCUT2D eigenvalue weighted by atomic mass is 16.5. The van der Waals surface area contributed by atoms with Gasteiger partial charge in [0.2, 0.25) is 0 Å². The van der Waals surface area contributed by atoms with Gasteiger partial charge >= 0.3 is 6.03 Å². The Hall–Kier alpha value is -2.08. The van der Waals surface area contributed by atoms with E-state index in [0.29, 0.717) is 12.3 Å². The summed E-state index contributed by atoms with van der Waals surface area (Å²) < 4.78 is 5.38. The van der Waals surface area contributed by atoms with Crippen molar-refractivity contribution in [2.75, 3.05) is 6.54 Å². The molecule has 3 N–H and O–H groups in total. The van der Waals surface area contributed by atoms with Crippen LogP contribution in [-0.2, 0) is 11.4 Å². The fourth-order valence-corrected chi connectivity index (χ4v) is 1.35. The monoisotopic (exact) mass is 266 g/mol. The lowest BCUT2D eigenvalue weighted by molar-refractivity contribution is -0.126. The SMILES string of the molecule is CCNC(=O)NC(=O)C(C)Oc1ccc(CO)cc1. The Morgan fingerprint density at radius 1 is 1.32 bits per heavy atom. The summed E-state index contributed by atoms with van der Waals surface area (Å²) in [6, 6.07) is 6.16. The van der Waals surface area contributed by atoms with Gasteiger partial charge in [-0.25, -0.2) is 4.79 Å². The number of amides is 3. The molecule has 1 rings (SSSR count). The normalized spacial score (nSPS) is 11.5. The van der Waals surface area contributed by atoms with Gasteiger partial charge in [0.15, 0.2) is 6.10 Å². The Kier molecular flexibility index (Phi) is 5.81. The first-order chi connectivity index (χ1) is 9.06. The Balaban J connectivity index is 2.50. The van der Waals surface area contributed by atoms with Gasteiger partial charge in [-0.3, -0.25) is 10.1 Å². The first-order valence-corrected chi connectivity index (χ1v) is 6.02. The highest BCUT2D eigenvalue weighted by molar-refractivity contribution is 5.96. The number of rotatable bonds is 5. The maximum Gasteiger partial charge on any atom is 0.321 e. The van der Waals surface area contributed by atoms with Crippen molar-refractivity contribution >= 4 is 11.9 Å². The minimum atomic E-state index is -0.789. The lowest BCUT2D eigenvalue weighted by Crippen LogP contribution is -2.45. The molecule has 0 saturated heterocycles. The molecule has 19 heavy (non-hydrogen) atoms. The summed E-state index contributed by atoms with van der Waals surface area (Å²) in [4.78, 5) is 22.8. The fraction of sp³-hybridized carbons (Fsp3) is 0.385. The van der Waals surface area contributed by atoms with Crippen LogP contribution in [0.1, 0.15) is 19.4 Å². The van der Waals surface area contributed by atoms with Crippen LogP contribution < -0.4 is 15.4 Å². The summed E-state index contributed by atoms with van der Waals surface area (Å²) in [6.45, 7) is 3.70. The average molecular weight is 266 g/mol. The number of nitrogens with one attached hydrogen (secondary N) is 2. The molecule has 0 spiro atoms. The van der Waals surface area contributed by atoms with Crippen LogP contribution in [0.3, 0.4) is 0 Å². The van der Waals surface area contributed by atoms with E-state index >= 15 is 0 Å². The third-order valence-corrected chi connectivity index (χ3v) is 2.36. The molecule has 0 fully saturated rings. The predicted molar refractivity (Wildman–Crippen MR) is 69.7 cm³/mol. The summed E-state index contributed by atoms with van der Waals surface area (Å²) in [7, 11) is 0. The maximum absolute atomic E-state index is 11.6. The van der Waals surface area contributed by atoms with Crippen molar-refractivity contribution in [1.29, 1.82) is 0 Å². The lowest BCUT2D eigenvalue weighted by atomic mass is 10.2. The molecular weight excluding hydrogens is 248 g/mol. The van der Waals surface area contributed by atoms with E-state index in [0.717, 1.165) is 5.56 Å². The molecule has 0 radical (unpaired) electrons. The number of aliphatic hydroxyl groups is 1. The molecule has 6 nitrogen and oxygen atoms in total. The number of benzene rings is 1. The number of imide groups is 1. The van der Waals surface area contributed by atoms with Gasteiger partial charge in [-0.1, -0.05) is 12.1 Å². The number of hydrogen-bond acceptors (Lipinski definition) is 4. The minimum Gasteiger partial charge on any atom is -0.481 e. The van der Waals surface area contributed by atoms with E-state index in [1.54, 1.807) is 38.1 Å². The van der Waals surface area contributed by atoms with Crippen molar-refractivity contribution in [3.8, 4) is 5.75 Å². The van der Waals surface area contributed by atoms with E-state index in [2.05, 4.69) is 10.6 Å². The third kappa shape index (κ3) is 4.97. The van der Waals surface area contributed by atoms with Crippen molar-refractivity contribution in [3.63, 3.8) is 0 Å². The van der Waals surface area contributed by atoms with E-state index in [1.807, 2.05) is 0 Å². The molecule has 1 aromatic carbocycles. The molecule has 1 unspecified atom stereocenters. The average Bonchev–Trinajstić information content (AvgIpc) is 2.39. The first-order valence-electron chi connectivity index (χ1n) is 6.02. The molecule has 0 saturated carbocycles. The largest absolute Gasteiger partial charge is 0.481 e. The van der Waals surface area contributed by atoms with Gasteiger partial charge in [0.1, 0.15) is 5.75 Å². The van der Waals surface area contributed by atoms with Gasteiger partial charge in [-0.15, -0.1) is 0 Å². The van der Waals surface area contributed by atoms with E-state index in [4.69, 9.17) is 9.84 Å². The number of carbonyl (C=O) groups is 2. The van der Waals surface area contributed by atoms with Crippen LogP contribution in [0.2, 0.25) is 0 Å². The second-order valence-corrected chi connectivity index (χ2v) is 3.91. The van der Waals surface area contributed by atoms with Gasteiger partial charge < -0.3 is 15.2 Å². The zero-order valence-corrected chi connectivity index (χ0v) is 11.0. The number of aliphatic hydroxyl groups excluding tert-OH is 1. The molecule has 0 heterocycles. The van der Waals surface area contributed by atoms with E-state index in [-0.39, 0.29) is 6.61 Å². The highest BCUT2D eigenvalue weighted by Crippen LogP contribution is 2.13. The predicted octanol–water partition coefficient (Wildman–Crippen LogP) is 0.792. The molecule has 0 aliphatic carbocycles. The molecule has 3 amide bonds. The van der Waals surface area contributed by atoms with Crippen LogP contribution in [0, 0.1) is 0 Å². The highest BCUT2D eigenvalue weighted by Gasteiger charge is 2.16. The molecular formula is C13H18N2O4. The van der Waals surface area contributed by atoms with Crippen molar-refractivity contribution in [3.05, 3.63) is 29.8 Å². The molecule has 0 aliphatic heterocycles. The van der Waals surface area contributed by atoms with Crippen LogP contribution in [0.4, 0.5) is 4.79 Å². The quantitative estimate of drug-likeness (QED) is 0.735. The summed E-state index contributed by atoms with van der Waals surface area (Å²) in [5.74, 6) is -0.0204. The lowest BCUT2D eigenvalue weighted by Gasteiger charge is -2.14. The molecule has 0 aromatic heterocycles. The van der Waals surface area contributed by atoms with Gasteiger partial charge in [-0.05, 0) is 31.5 Å². The zero-order valence-electron chi connectivity index (χ0n) is 11.0. The van der Waals surface area contributed by atoms with Crippen LogP contribution >= 0.6 is 0 Å². The minimum absolute atomic E-state index is 0.0481. The first kappa shape index (κ1) is 15.0. The molecule has 0 aliphatic rings. The molecule has 0 bridgehead atoms. The number of urea groups is 1. The number of ether oxygens (including phenoxy) is 1. The van der Waals surface area contributed by atoms with E-state index in [1.165, 1.54) is 0 Å². The molecule has 1 aromatic rings. The molecule has 6 heteroatoms. The summed E-state index contributed by atoms with van der Waals surface area (Å²) in [5, 5.41) is 13.5. The van der Waals surface area contributed by atoms with Crippen molar-refractivity contribution < 1.29 is 19.4 Å². The Bertz CT molecular complexity index is 431. The van der Waals surface area contributed by atoms with Crippen molar-refractivity contribution in [2.45, 2.75) is 26.6 Å². The third-order valence-electron chi connectivity index (χ3n) is 2.36. The van der Waals surface area contributed by atoms with Crippen LogP contribution in [-0.4, -0.2) is 29.7 Å². The van der Waals surface area contributed by atoms with Gasteiger partial charge in [0.05, 0.1) is 6.61 Å². The number of hydrogen-bond donors (Lipinski definition) is 3. The Morgan fingerprint density at radius 3 is 2.47 bits per heavy atom. The van der Waals surface area contributed by atoms with Crippen molar-refractivity contribution in [1.82, 2.24) is 10.6 Å². The summed E-state index contributed by atoms with van der Waals surface area (Å²) in [5.41, 5.74) is 0.756. The van der Waals surface area contributed by atoms with Gasteiger partial charge in [-0.2, -0.15) is 0 Å².